The van der Waals surface area contributed by atoms with Gasteiger partial charge >= 0.3 is 5.69 Å². The van der Waals surface area contributed by atoms with E-state index in [9.17, 15) is 9.59 Å². The molecule has 4 rings (SSSR count). The Morgan fingerprint density at radius 1 is 1.22 bits per heavy atom. The van der Waals surface area contributed by atoms with Gasteiger partial charge < -0.3 is 16.5 Å². The van der Waals surface area contributed by atoms with Gasteiger partial charge in [-0.25, -0.2) is 9.18 Å². The molecule has 0 amide bonds. The monoisotopic (exact) mass is 375 g/mol. The SMILES string of the molecule is Cc1c(N2CCC(C(C)(C)N)C2)c(F)cc2c(=O)n(N)c(=O)n(C3CC3)c12. The van der Waals surface area contributed by atoms with Gasteiger partial charge in [0.25, 0.3) is 5.56 Å². The van der Waals surface area contributed by atoms with E-state index in [1.807, 2.05) is 18.7 Å². The van der Waals surface area contributed by atoms with E-state index in [4.69, 9.17) is 11.6 Å². The van der Waals surface area contributed by atoms with Crippen LogP contribution in [0.2, 0.25) is 0 Å². The van der Waals surface area contributed by atoms with E-state index in [1.54, 1.807) is 11.5 Å². The molecule has 27 heavy (non-hydrogen) atoms. The normalized spacial score (nSPS) is 20.6. The van der Waals surface area contributed by atoms with Crippen LogP contribution in [0.4, 0.5) is 10.1 Å². The minimum Gasteiger partial charge on any atom is -0.369 e. The molecule has 2 aromatic rings. The average Bonchev–Trinajstić information content (AvgIpc) is 3.29. The summed E-state index contributed by atoms with van der Waals surface area (Å²) in [5.41, 5.74) is 6.27. The number of anilines is 1. The lowest BCUT2D eigenvalue weighted by Gasteiger charge is -2.28. The summed E-state index contributed by atoms with van der Waals surface area (Å²) in [6, 6.07) is 1.24. The molecular weight excluding hydrogens is 349 g/mol. The Kier molecular flexibility index (Phi) is 3.89. The summed E-state index contributed by atoms with van der Waals surface area (Å²) >= 11 is 0. The summed E-state index contributed by atoms with van der Waals surface area (Å²) in [6.07, 6.45) is 2.58. The van der Waals surface area contributed by atoms with Crippen LogP contribution >= 0.6 is 0 Å². The van der Waals surface area contributed by atoms with Crippen molar-refractivity contribution in [3.8, 4) is 0 Å². The molecule has 0 spiro atoms. The molecule has 4 N–H and O–H groups in total. The van der Waals surface area contributed by atoms with E-state index < -0.39 is 17.1 Å². The van der Waals surface area contributed by atoms with E-state index in [2.05, 4.69) is 0 Å². The molecule has 0 bridgehead atoms. The molecule has 8 heteroatoms. The van der Waals surface area contributed by atoms with Crippen molar-refractivity contribution in [2.24, 2.45) is 11.7 Å². The molecule has 1 saturated carbocycles. The van der Waals surface area contributed by atoms with Gasteiger partial charge in [0.1, 0.15) is 5.82 Å². The first-order valence-corrected chi connectivity index (χ1v) is 9.40. The third-order valence-electron chi connectivity index (χ3n) is 6.03. The predicted octanol–water partition coefficient (Wildman–Crippen LogP) is 1.22. The Labute approximate surface area is 156 Å². The van der Waals surface area contributed by atoms with Crippen molar-refractivity contribution in [2.45, 2.75) is 51.6 Å². The van der Waals surface area contributed by atoms with Crippen LogP contribution in [0.3, 0.4) is 0 Å². The van der Waals surface area contributed by atoms with Gasteiger partial charge in [-0.1, -0.05) is 0 Å². The highest BCUT2D eigenvalue weighted by Gasteiger charge is 2.35. The minimum atomic E-state index is -0.664. The molecule has 1 aliphatic carbocycles. The van der Waals surface area contributed by atoms with Gasteiger partial charge in [-0.2, -0.15) is 4.68 Å². The van der Waals surface area contributed by atoms with Gasteiger partial charge in [0, 0.05) is 30.2 Å². The Bertz CT molecular complexity index is 1050. The summed E-state index contributed by atoms with van der Waals surface area (Å²) < 4.78 is 17.2. The Balaban J connectivity index is 1.94. The van der Waals surface area contributed by atoms with Gasteiger partial charge in [-0.15, -0.1) is 0 Å². The summed E-state index contributed by atoms with van der Waals surface area (Å²) in [4.78, 5) is 27.1. The zero-order valence-electron chi connectivity index (χ0n) is 16.0. The van der Waals surface area contributed by atoms with Crippen molar-refractivity contribution < 1.29 is 4.39 Å². The number of hydrogen-bond donors (Lipinski definition) is 2. The zero-order valence-corrected chi connectivity index (χ0v) is 16.0. The van der Waals surface area contributed by atoms with Crippen LogP contribution in [0.25, 0.3) is 10.9 Å². The quantitative estimate of drug-likeness (QED) is 0.786. The average molecular weight is 375 g/mol. The van der Waals surface area contributed by atoms with Crippen molar-refractivity contribution in [1.82, 2.24) is 9.24 Å². The topological polar surface area (TPSA) is 99.3 Å². The van der Waals surface area contributed by atoms with Gasteiger partial charge in [-0.3, -0.25) is 9.36 Å². The van der Waals surface area contributed by atoms with E-state index in [1.165, 1.54) is 6.07 Å². The number of fused-ring (bicyclic) bond motifs is 1. The highest BCUT2D eigenvalue weighted by Crippen LogP contribution is 2.39. The molecule has 2 aliphatic rings. The highest BCUT2D eigenvalue weighted by molar-refractivity contribution is 5.87. The number of aromatic nitrogens is 2. The Morgan fingerprint density at radius 3 is 2.44 bits per heavy atom. The van der Waals surface area contributed by atoms with E-state index >= 15 is 4.39 Å². The van der Waals surface area contributed by atoms with Gasteiger partial charge in [-0.05, 0) is 52.0 Å². The number of rotatable bonds is 3. The molecule has 1 saturated heterocycles. The van der Waals surface area contributed by atoms with Crippen molar-refractivity contribution in [3.63, 3.8) is 0 Å². The molecular formula is C19H26FN5O2. The first-order chi connectivity index (χ1) is 12.6. The molecule has 2 fully saturated rings. The van der Waals surface area contributed by atoms with Crippen LogP contribution in [-0.4, -0.2) is 27.9 Å². The standard InChI is InChI=1S/C19H26FN5O2/c1-10-15-13(17(26)25(22)18(27)24(15)12-4-5-12)8-14(20)16(10)23-7-6-11(9-23)19(2,3)21/h8,11-12H,4-7,9,21-22H2,1-3H3. The lowest BCUT2D eigenvalue weighted by molar-refractivity contribution is 0.348. The van der Waals surface area contributed by atoms with Crippen molar-refractivity contribution >= 4 is 16.6 Å². The number of halogens is 1. The molecule has 1 aromatic heterocycles. The van der Waals surface area contributed by atoms with Gasteiger partial charge in [0.2, 0.25) is 0 Å². The van der Waals surface area contributed by atoms with Crippen molar-refractivity contribution in [1.29, 1.82) is 0 Å². The lowest BCUT2D eigenvalue weighted by atomic mass is 9.88. The molecule has 2 heterocycles. The summed E-state index contributed by atoms with van der Waals surface area (Å²) in [5, 5.41) is 0.151. The van der Waals surface area contributed by atoms with Crippen LogP contribution in [0, 0.1) is 18.7 Å². The molecule has 7 nitrogen and oxygen atoms in total. The largest absolute Gasteiger partial charge is 0.369 e. The van der Waals surface area contributed by atoms with Crippen molar-refractivity contribution in [3.05, 3.63) is 38.3 Å². The molecule has 0 radical (unpaired) electrons. The van der Waals surface area contributed by atoms with Gasteiger partial charge in [0.05, 0.1) is 16.6 Å². The number of nitrogen functional groups attached to an aromatic ring is 1. The maximum atomic E-state index is 15.1. The fourth-order valence-corrected chi connectivity index (χ4v) is 4.29. The number of aryl methyl sites for hydroxylation is 1. The lowest BCUT2D eigenvalue weighted by Crippen LogP contribution is -2.45. The summed E-state index contributed by atoms with van der Waals surface area (Å²) in [5.74, 6) is 5.45. The number of benzene rings is 1. The third kappa shape index (κ3) is 2.74. The molecule has 1 atom stereocenters. The summed E-state index contributed by atoms with van der Waals surface area (Å²) in [7, 11) is 0. The van der Waals surface area contributed by atoms with Crippen molar-refractivity contribution in [2.75, 3.05) is 23.8 Å². The van der Waals surface area contributed by atoms with Crippen LogP contribution in [-0.2, 0) is 0 Å². The van der Waals surface area contributed by atoms with E-state index in [-0.39, 0.29) is 22.9 Å². The number of nitrogens with zero attached hydrogens (tertiary/aromatic N) is 3. The second-order valence-corrected chi connectivity index (χ2v) is 8.54. The number of hydrogen-bond acceptors (Lipinski definition) is 5. The molecule has 1 unspecified atom stereocenters. The fraction of sp³-hybridized carbons (Fsp3) is 0.579. The maximum Gasteiger partial charge on any atom is 0.350 e. The minimum absolute atomic E-state index is 0.0155. The fourth-order valence-electron chi connectivity index (χ4n) is 4.29. The first-order valence-electron chi connectivity index (χ1n) is 9.40. The van der Waals surface area contributed by atoms with Crippen LogP contribution in [0.5, 0.6) is 0 Å². The molecule has 1 aliphatic heterocycles. The second kappa shape index (κ2) is 5.82. The number of nitrogens with two attached hydrogens (primary N) is 2. The molecule has 1 aromatic carbocycles. The third-order valence-corrected chi connectivity index (χ3v) is 6.03. The van der Waals surface area contributed by atoms with E-state index in [0.29, 0.717) is 34.5 Å². The van der Waals surface area contributed by atoms with Gasteiger partial charge in [0.15, 0.2) is 0 Å². The predicted molar refractivity (Wildman–Crippen MR) is 104 cm³/mol. The van der Waals surface area contributed by atoms with Crippen LogP contribution in [0.1, 0.15) is 44.7 Å². The Hall–Kier alpha value is -2.35. The van der Waals surface area contributed by atoms with E-state index in [0.717, 1.165) is 19.3 Å². The maximum absolute atomic E-state index is 15.1. The highest BCUT2D eigenvalue weighted by atomic mass is 19.1. The summed E-state index contributed by atoms with van der Waals surface area (Å²) in [6.45, 7) is 7.09. The zero-order chi connectivity index (χ0) is 19.7. The smallest absolute Gasteiger partial charge is 0.350 e. The van der Waals surface area contributed by atoms with Crippen LogP contribution < -0.4 is 27.7 Å². The second-order valence-electron chi connectivity index (χ2n) is 8.54. The molecule has 146 valence electrons. The Morgan fingerprint density at radius 2 is 1.89 bits per heavy atom. The van der Waals surface area contributed by atoms with Crippen LogP contribution in [0.15, 0.2) is 15.7 Å². The first kappa shape index (κ1) is 18.0.